The molecule has 0 unspecified atom stereocenters. The summed E-state index contributed by atoms with van der Waals surface area (Å²) in [6.45, 7) is 6.90. The second-order valence-electron chi connectivity index (χ2n) is 7.97. The number of morpholine rings is 1. The Hall–Kier alpha value is -1.68. The second-order valence-corrected chi connectivity index (χ2v) is 9.91. The monoisotopic (exact) mass is 426 g/mol. The first kappa shape index (κ1) is 22.0. The predicted octanol–water partition coefficient (Wildman–Crippen LogP) is 0.500. The van der Waals surface area contributed by atoms with E-state index >= 15 is 0 Å². The first-order valence-corrected chi connectivity index (χ1v) is 11.7. The van der Waals surface area contributed by atoms with E-state index < -0.39 is 10.0 Å². The van der Waals surface area contributed by atoms with Crippen LogP contribution in [0, 0.1) is 0 Å². The van der Waals surface area contributed by atoms with E-state index in [0.29, 0.717) is 31.1 Å². The number of hydrogen-bond acceptors (Lipinski definition) is 5. The summed E-state index contributed by atoms with van der Waals surface area (Å²) in [5.41, 5.74) is 0.379. The maximum Gasteiger partial charge on any atom is 0.279 e. The molecule has 2 aliphatic rings. The van der Waals surface area contributed by atoms with Crippen molar-refractivity contribution in [2.24, 2.45) is 0 Å². The minimum absolute atomic E-state index is 0.106. The van der Waals surface area contributed by atoms with Crippen LogP contribution in [0.15, 0.2) is 23.1 Å². The molecule has 0 radical (unpaired) electrons. The van der Waals surface area contributed by atoms with Crippen LogP contribution in [0.25, 0.3) is 0 Å². The number of quaternary nitrogens is 1. The highest BCUT2D eigenvalue weighted by molar-refractivity contribution is 7.89. The van der Waals surface area contributed by atoms with E-state index in [0.717, 1.165) is 37.3 Å². The third kappa shape index (κ3) is 5.48. The number of hydrogen-bond donors (Lipinski definition) is 2. The zero-order chi connectivity index (χ0) is 21.0. The Morgan fingerprint density at radius 2 is 1.86 bits per heavy atom. The molecule has 0 spiro atoms. The van der Waals surface area contributed by atoms with Gasteiger partial charge in [-0.2, -0.15) is 4.31 Å². The zero-order valence-electron chi connectivity index (χ0n) is 17.4. The molecule has 2 fully saturated rings. The average molecular weight is 427 g/mol. The van der Waals surface area contributed by atoms with Gasteiger partial charge in [-0.25, -0.2) is 8.42 Å². The summed E-state index contributed by atoms with van der Waals surface area (Å²) in [6.07, 6.45) is 3.01. The van der Waals surface area contributed by atoms with Gasteiger partial charge < -0.3 is 19.7 Å². The van der Waals surface area contributed by atoms with E-state index in [-0.39, 0.29) is 23.0 Å². The van der Waals surface area contributed by atoms with Gasteiger partial charge in [-0.3, -0.25) is 4.79 Å². The van der Waals surface area contributed by atoms with Gasteiger partial charge in [0, 0.05) is 13.1 Å². The highest BCUT2D eigenvalue weighted by Gasteiger charge is 2.29. The molecule has 2 saturated heterocycles. The van der Waals surface area contributed by atoms with Crippen LogP contribution in [0.4, 0.5) is 5.69 Å². The molecule has 162 valence electrons. The molecule has 9 heteroatoms. The highest BCUT2D eigenvalue weighted by Crippen LogP contribution is 2.29. The first-order valence-electron chi connectivity index (χ1n) is 10.3. The summed E-state index contributed by atoms with van der Waals surface area (Å²) in [6, 6.07) is 4.63. The molecule has 3 rings (SSSR count). The summed E-state index contributed by atoms with van der Waals surface area (Å²) in [5.74, 6) is 0.266. The number of carbonyl (C=O) groups is 1. The van der Waals surface area contributed by atoms with E-state index in [4.69, 9.17) is 9.47 Å². The van der Waals surface area contributed by atoms with Crippen molar-refractivity contribution in [1.82, 2.24) is 4.31 Å². The molecular weight excluding hydrogens is 394 g/mol. The summed E-state index contributed by atoms with van der Waals surface area (Å²) < 4.78 is 38.5. The lowest BCUT2D eigenvalue weighted by atomic mass is 10.2. The van der Waals surface area contributed by atoms with Crippen LogP contribution in [-0.4, -0.2) is 70.7 Å². The van der Waals surface area contributed by atoms with Crippen LogP contribution < -0.4 is 15.0 Å². The fraction of sp³-hybridized carbons (Fsp3) is 0.650. The SMILES string of the molecule is COc1ccc(S(=O)(=O)N2CCCCC2)cc1NC(=O)C[NH+]1C[C@H](C)O[C@@H](C)C1. The maximum atomic E-state index is 13.0. The third-order valence-corrected chi connectivity index (χ3v) is 7.32. The van der Waals surface area contributed by atoms with E-state index in [9.17, 15) is 13.2 Å². The van der Waals surface area contributed by atoms with E-state index in [2.05, 4.69) is 5.32 Å². The Balaban J connectivity index is 1.74. The third-order valence-electron chi connectivity index (χ3n) is 5.43. The molecule has 2 atom stereocenters. The average Bonchev–Trinajstić information content (AvgIpc) is 2.67. The zero-order valence-corrected chi connectivity index (χ0v) is 18.3. The first-order chi connectivity index (χ1) is 13.8. The number of nitrogens with zero attached hydrogens (tertiary/aromatic N) is 1. The lowest BCUT2D eigenvalue weighted by molar-refractivity contribution is -0.907. The number of sulfonamides is 1. The molecule has 29 heavy (non-hydrogen) atoms. The topological polar surface area (TPSA) is 89.4 Å². The van der Waals surface area contributed by atoms with Gasteiger partial charge in [0.1, 0.15) is 31.0 Å². The lowest BCUT2D eigenvalue weighted by Gasteiger charge is -2.32. The van der Waals surface area contributed by atoms with Crippen LogP contribution in [0.1, 0.15) is 33.1 Å². The van der Waals surface area contributed by atoms with E-state index in [1.165, 1.54) is 23.5 Å². The van der Waals surface area contributed by atoms with Crippen molar-refractivity contribution in [3.05, 3.63) is 18.2 Å². The van der Waals surface area contributed by atoms with Crippen LogP contribution in [0.3, 0.4) is 0 Å². The molecule has 2 N–H and O–H groups in total. The Morgan fingerprint density at radius 1 is 1.21 bits per heavy atom. The predicted molar refractivity (Wildman–Crippen MR) is 110 cm³/mol. The number of nitrogens with one attached hydrogen (secondary N) is 2. The molecule has 0 saturated carbocycles. The van der Waals surface area contributed by atoms with Crippen molar-refractivity contribution in [3.8, 4) is 5.75 Å². The van der Waals surface area contributed by atoms with Gasteiger partial charge in [0.2, 0.25) is 10.0 Å². The summed E-state index contributed by atoms with van der Waals surface area (Å²) in [7, 11) is -2.08. The number of ether oxygens (including phenoxy) is 2. The van der Waals surface area contributed by atoms with Crippen molar-refractivity contribution < 1.29 is 27.6 Å². The molecule has 1 aromatic rings. The molecular formula is C20H32N3O5S+. The van der Waals surface area contributed by atoms with Gasteiger partial charge in [-0.05, 0) is 44.9 Å². The standard InChI is InChI=1S/C20H31N3O5S/c1-15-12-22(13-16(2)28-15)14-20(24)21-18-11-17(7-8-19(18)27-3)29(25,26)23-9-5-4-6-10-23/h7-8,11,15-16H,4-6,9-10,12-14H2,1-3H3,(H,21,24)/p+1/t15-,16-/m0/s1. The number of anilines is 1. The van der Waals surface area contributed by atoms with Gasteiger partial charge in [-0.1, -0.05) is 6.42 Å². The quantitative estimate of drug-likeness (QED) is 0.692. The van der Waals surface area contributed by atoms with Crippen molar-refractivity contribution in [3.63, 3.8) is 0 Å². The number of methoxy groups -OCH3 is 1. The maximum absolute atomic E-state index is 13.0. The van der Waals surface area contributed by atoms with Gasteiger partial charge in [-0.15, -0.1) is 0 Å². The number of rotatable bonds is 6. The van der Waals surface area contributed by atoms with Crippen LogP contribution in [-0.2, 0) is 19.6 Å². The Kier molecular flexibility index (Phi) is 7.15. The molecule has 0 bridgehead atoms. The van der Waals surface area contributed by atoms with Gasteiger partial charge in [0.25, 0.3) is 5.91 Å². The number of carbonyl (C=O) groups excluding carboxylic acids is 1. The number of benzene rings is 1. The Bertz CT molecular complexity index is 813. The van der Waals surface area contributed by atoms with Crippen molar-refractivity contribution in [2.75, 3.05) is 45.2 Å². The summed E-state index contributed by atoms with van der Waals surface area (Å²) in [5, 5.41) is 2.85. The molecule has 1 aromatic carbocycles. The minimum Gasteiger partial charge on any atom is -0.495 e. The van der Waals surface area contributed by atoms with Crippen LogP contribution >= 0.6 is 0 Å². The molecule has 0 aromatic heterocycles. The smallest absolute Gasteiger partial charge is 0.279 e. The molecule has 8 nitrogen and oxygen atoms in total. The summed E-state index contributed by atoms with van der Waals surface area (Å²) >= 11 is 0. The van der Waals surface area contributed by atoms with Crippen molar-refractivity contribution in [2.45, 2.75) is 50.2 Å². The molecule has 2 heterocycles. The molecule has 2 aliphatic heterocycles. The second kappa shape index (κ2) is 9.42. The lowest BCUT2D eigenvalue weighted by Crippen LogP contribution is -3.16. The normalized spacial score (nSPS) is 26.1. The largest absolute Gasteiger partial charge is 0.495 e. The van der Waals surface area contributed by atoms with Crippen LogP contribution in [0.5, 0.6) is 5.75 Å². The Morgan fingerprint density at radius 3 is 2.48 bits per heavy atom. The summed E-state index contributed by atoms with van der Waals surface area (Å²) in [4.78, 5) is 14.0. The fourth-order valence-electron chi connectivity index (χ4n) is 4.15. The minimum atomic E-state index is -3.58. The van der Waals surface area contributed by atoms with E-state index in [1.54, 1.807) is 6.07 Å². The Labute approximate surface area is 173 Å². The van der Waals surface area contributed by atoms with Crippen molar-refractivity contribution >= 4 is 21.6 Å². The van der Waals surface area contributed by atoms with Crippen LogP contribution in [0.2, 0.25) is 0 Å². The van der Waals surface area contributed by atoms with Crippen molar-refractivity contribution in [1.29, 1.82) is 0 Å². The fourth-order valence-corrected chi connectivity index (χ4v) is 5.70. The highest BCUT2D eigenvalue weighted by atomic mass is 32.2. The van der Waals surface area contributed by atoms with Gasteiger partial charge in [0.15, 0.2) is 6.54 Å². The molecule has 1 amide bonds. The molecule has 0 aliphatic carbocycles. The van der Waals surface area contributed by atoms with Gasteiger partial charge in [0.05, 0.1) is 17.7 Å². The number of amides is 1. The van der Waals surface area contributed by atoms with Gasteiger partial charge >= 0.3 is 0 Å². The number of piperidine rings is 1. The van der Waals surface area contributed by atoms with E-state index in [1.807, 2.05) is 13.8 Å².